The van der Waals surface area contributed by atoms with Gasteiger partial charge < -0.3 is 19.9 Å². The molecule has 2 N–H and O–H groups in total. The molecule has 2 aromatic carbocycles. The van der Waals surface area contributed by atoms with Crippen LogP contribution in [-0.2, 0) is 5.41 Å². The molecular weight excluding hydrogens is 334 g/mol. The van der Waals surface area contributed by atoms with Crippen LogP contribution in [0, 0.1) is 0 Å². The van der Waals surface area contributed by atoms with Gasteiger partial charge in [0.1, 0.15) is 24.0 Å². The molecule has 0 saturated carbocycles. The van der Waals surface area contributed by atoms with Crippen molar-refractivity contribution in [2.75, 3.05) is 20.3 Å². The predicted molar refractivity (Wildman–Crippen MR) is 105 cm³/mol. The van der Waals surface area contributed by atoms with Gasteiger partial charge in [0.15, 0.2) is 11.5 Å². The van der Waals surface area contributed by atoms with E-state index in [1.165, 1.54) is 5.56 Å². The number of methoxy groups -OCH3 is 1. The van der Waals surface area contributed by atoms with Gasteiger partial charge in [-0.25, -0.2) is 0 Å². The number of rotatable bonds is 7. The maximum absolute atomic E-state index is 5.91. The summed E-state index contributed by atoms with van der Waals surface area (Å²) in [7, 11) is 1.58. The predicted octanol–water partition coefficient (Wildman–Crippen LogP) is 4.08. The number of ether oxygens (including phenoxy) is 3. The molecule has 0 amide bonds. The maximum atomic E-state index is 5.91. The van der Waals surface area contributed by atoms with Crippen molar-refractivity contribution >= 4 is 17.2 Å². The van der Waals surface area contributed by atoms with Crippen LogP contribution in [-0.4, -0.2) is 25.3 Å². The quantitative estimate of drug-likeness (QED) is 0.596. The Kier molecular flexibility index (Phi) is 6.26. The van der Waals surface area contributed by atoms with Gasteiger partial charge in [-0.2, -0.15) is 0 Å². The molecule has 0 radical (unpaired) electrons. The molecule has 2 rings (SSSR count). The average molecular weight is 359 g/mol. The SMILES string of the molecule is COc1cc(C(N)=S)ccc1OCCOc1ccccc1C(C)(C)C. The summed E-state index contributed by atoms with van der Waals surface area (Å²) >= 11 is 4.98. The van der Waals surface area contributed by atoms with E-state index in [1.807, 2.05) is 24.3 Å². The number of thiocarbonyl (C=S) groups is 1. The van der Waals surface area contributed by atoms with Crippen molar-refractivity contribution in [3.8, 4) is 17.2 Å². The maximum Gasteiger partial charge on any atom is 0.161 e. The van der Waals surface area contributed by atoms with E-state index in [9.17, 15) is 0 Å². The molecule has 0 unspecified atom stereocenters. The molecule has 0 saturated heterocycles. The highest BCUT2D eigenvalue weighted by Crippen LogP contribution is 2.31. The van der Waals surface area contributed by atoms with Gasteiger partial charge in [0.05, 0.1) is 7.11 Å². The van der Waals surface area contributed by atoms with Crippen molar-refractivity contribution in [2.45, 2.75) is 26.2 Å². The summed E-state index contributed by atoms with van der Waals surface area (Å²) in [4.78, 5) is 0.326. The number of hydrogen-bond donors (Lipinski definition) is 1. The Morgan fingerprint density at radius 3 is 2.20 bits per heavy atom. The van der Waals surface area contributed by atoms with Gasteiger partial charge in [0.25, 0.3) is 0 Å². The van der Waals surface area contributed by atoms with Crippen LogP contribution in [0.1, 0.15) is 31.9 Å². The van der Waals surface area contributed by atoms with Gasteiger partial charge >= 0.3 is 0 Å². The summed E-state index contributed by atoms with van der Waals surface area (Å²) < 4.78 is 17.0. The highest BCUT2D eigenvalue weighted by atomic mass is 32.1. The molecule has 134 valence electrons. The van der Waals surface area contributed by atoms with E-state index in [4.69, 9.17) is 32.2 Å². The van der Waals surface area contributed by atoms with Crippen molar-refractivity contribution in [3.63, 3.8) is 0 Å². The summed E-state index contributed by atoms with van der Waals surface area (Å²) in [5, 5.41) is 0. The minimum atomic E-state index is 0.0249. The minimum absolute atomic E-state index is 0.0249. The van der Waals surface area contributed by atoms with E-state index in [-0.39, 0.29) is 5.41 Å². The molecule has 25 heavy (non-hydrogen) atoms. The Hall–Kier alpha value is -2.27. The van der Waals surface area contributed by atoms with Crippen LogP contribution in [0.2, 0.25) is 0 Å². The van der Waals surface area contributed by atoms with Crippen LogP contribution in [0.15, 0.2) is 42.5 Å². The van der Waals surface area contributed by atoms with E-state index in [0.29, 0.717) is 29.7 Å². The Balaban J connectivity index is 1.97. The third-order valence-electron chi connectivity index (χ3n) is 3.74. The van der Waals surface area contributed by atoms with E-state index in [1.54, 1.807) is 19.2 Å². The van der Waals surface area contributed by atoms with Crippen LogP contribution in [0.4, 0.5) is 0 Å². The molecular formula is C20H25NO3S. The van der Waals surface area contributed by atoms with Crippen molar-refractivity contribution in [2.24, 2.45) is 5.73 Å². The second-order valence-corrected chi connectivity index (χ2v) is 7.11. The van der Waals surface area contributed by atoms with Gasteiger partial charge in [-0.3, -0.25) is 0 Å². The average Bonchev–Trinajstić information content (AvgIpc) is 2.58. The lowest BCUT2D eigenvalue weighted by molar-refractivity contribution is 0.208. The fourth-order valence-electron chi connectivity index (χ4n) is 2.46. The van der Waals surface area contributed by atoms with Crippen LogP contribution in [0.3, 0.4) is 0 Å². The highest BCUT2D eigenvalue weighted by molar-refractivity contribution is 7.80. The molecule has 0 aliphatic rings. The first-order valence-electron chi connectivity index (χ1n) is 8.16. The van der Waals surface area contributed by atoms with Crippen LogP contribution >= 0.6 is 12.2 Å². The Labute approximate surface area is 154 Å². The summed E-state index contributed by atoms with van der Waals surface area (Å²) in [6, 6.07) is 13.5. The summed E-state index contributed by atoms with van der Waals surface area (Å²) in [6.07, 6.45) is 0. The fourth-order valence-corrected chi connectivity index (χ4v) is 2.58. The largest absolute Gasteiger partial charge is 0.493 e. The molecule has 0 aliphatic carbocycles. The lowest BCUT2D eigenvalue weighted by Gasteiger charge is -2.22. The standard InChI is InChI=1S/C20H25NO3S/c1-20(2,3)15-7-5-6-8-16(15)23-11-12-24-17-10-9-14(19(21)25)13-18(17)22-4/h5-10,13H,11-12H2,1-4H3,(H2,21,25). The first-order valence-corrected chi connectivity index (χ1v) is 8.56. The monoisotopic (exact) mass is 359 g/mol. The molecule has 2 aromatic rings. The number of benzene rings is 2. The molecule has 0 atom stereocenters. The molecule has 0 heterocycles. The highest BCUT2D eigenvalue weighted by Gasteiger charge is 2.18. The normalized spacial score (nSPS) is 11.0. The van der Waals surface area contributed by atoms with E-state index < -0.39 is 0 Å². The topological polar surface area (TPSA) is 53.7 Å². The first-order chi connectivity index (χ1) is 11.8. The molecule has 4 nitrogen and oxygen atoms in total. The lowest BCUT2D eigenvalue weighted by atomic mass is 9.86. The second kappa shape index (κ2) is 8.21. The fraction of sp³-hybridized carbons (Fsp3) is 0.350. The van der Waals surface area contributed by atoms with Crippen LogP contribution < -0.4 is 19.9 Å². The van der Waals surface area contributed by atoms with E-state index >= 15 is 0 Å². The summed E-state index contributed by atoms with van der Waals surface area (Å²) in [5.74, 6) is 2.12. The second-order valence-electron chi connectivity index (χ2n) is 6.67. The third kappa shape index (κ3) is 5.10. The third-order valence-corrected chi connectivity index (χ3v) is 3.98. The molecule has 0 aromatic heterocycles. The number of nitrogens with two attached hydrogens (primary N) is 1. The summed E-state index contributed by atoms with van der Waals surface area (Å²) in [5.41, 5.74) is 7.58. The molecule has 0 fully saturated rings. The van der Waals surface area contributed by atoms with Crippen molar-refractivity contribution < 1.29 is 14.2 Å². The summed E-state index contributed by atoms with van der Waals surface area (Å²) in [6.45, 7) is 7.34. The molecule has 0 bridgehead atoms. The minimum Gasteiger partial charge on any atom is -0.493 e. The van der Waals surface area contributed by atoms with E-state index in [2.05, 4.69) is 26.8 Å². The smallest absolute Gasteiger partial charge is 0.161 e. The first kappa shape index (κ1) is 19.1. The van der Waals surface area contributed by atoms with Gasteiger partial charge in [0, 0.05) is 5.56 Å². The van der Waals surface area contributed by atoms with Crippen LogP contribution in [0.5, 0.6) is 17.2 Å². The number of para-hydroxylation sites is 1. The Morgan fingerprint density at radius 1 is 0.960 bits per heavy atom. The zero-order valence-electron chi connectivity index (χ0n) is 15.2. The van der Waals surface area contributed by atoms with Crippen molar-refractivity contribution in [3.05, 3.63) is 53.6 Å². The molecule has 0 spiro atoms. The van der Waals surface area contributed by atoms with Crippen molar-refractivity contribution in [1.29, 1.82) is 0 Å². The van der Waals surface area contributed by atoms with E-state index in [0.717, 1.165) is 11.3 Å². The lowest BCUT2D eigenvalue weighted by Crippen LogP contribution is -2.16. The Bertz CT molecular complexity index is 738. The number of hydrogen-bond acceptors (Lipinski definition) is 4. The van der Waals surface area contributed by atoms with Gasteiger partial charge in [-0.05, 0) is 35.2 Å². The van der Waals surface area contributed by atoms with Crippen molar-refractivity contribution in [1.82, 2.24) is 0 Å². The molecule has 5 heteroatoms. The zero-order valence-corrected chi connectivity index (χ0v) is 16.0. The van der Waals surface area contributed by atoms with Gasteiger partial charge in [-0.15, -0.1) is 0 Å². The van der Waals surface area contributed by atoms with Gasteiger partial charge in [-0.1, -0.05) is 51.2 Å². The zero-order chi connectivity index (χ0) is 18.4. The molecule has 0 aliphatic heterocycles. The Morgan fingerprint density at radius 2 is 1.60 bits per heavy atom. The van der Waals surface area contributed by atoms with Gasteiger partial charge in [0.2, 0.25) is 0 Å². The van der Waals surface area contributed by atoms with Crippen LogP contribution in [0.25, 0.3) is 0 Å².